The van der Waals surface area contributed by atoms with Crippen molar-refractivity contribution in [2.24, 2.45) is 0 Å². The second-order valence-corrected chi connectivity index (χ2v) is 4.82. The molecule has 1 fully saturated rings. The van der Waals surface area contributed by atoms with Crippen LogP contribution >= 0.6 is 0 Å². The van der Waals surface area contributed by atoms with Gasteiger partial charge in [0.05, 0.1) is 11.9 Å². The number of carbonyl (C=O) groups excluding carboxylic acids is 1. The number of rotatable bonds is 4. The first-order valence-corrected chi connectivity index (χ1v) is 6.90. The number of nitrogens with zero attached hydrogens (tertiary/aromatic N) is 3. The highest BCUT2D eigenvalue weighted by Gasteiger charge is 2.22. The lowest BCUT2D eigenvalue weighted by Crippen LogP contribution is -2.48. The molecule has 0 radical (unpaired) electrons. The van der Waals surface area contributed by atoms with Gasteiger partial charge in [0, 0.05) is 33.2 Å². The molecule has 0 aromatic carbocycles. The molecule has 2 heterocycles. The Morgan fingerprint density at radius 2 is 2.05 bits per heavy atom. The summed E-state index contributed by atoms with van der Waals surface area (Å²) in [5.41, 5.74) is 1.45. The van der Waals surface area contributed by atoms with Crippen molar-refractivity contribution in [2.75, 3.05) is 45.1 Å². The molecule has 19 heavy (non-hydrogen) atoms. The van der Waals surface area contributed by atoms with Crippen LogP contribution in [-0.2, 0) is 0 Å². The predicted octanol–water partition coefficient (Wildman–Crippen LogP) is 1.29. The van der Waals surface area contributed by atoms with Gasteiger partial charge in [-0.1, -0.05) is 6.92 Å². The van der Waals surface area contributed by atoms with E-state index >= 15 is 0 Å². The lowest BCUT2D eigenvalue weighted by atomic mass is 10.2. The molecule has 0 aliphatic carbocycles. The van der Waals surface area contributed by atoms with Crippen molar-refractivity contribution < 1.29 is 4.79 Å². The summed E-state index contributed by atoms with van der Waals surface area (Å²) in [6, 6.07) is 3.67. The average molecular weight is 262 g/mol. The van der Waals surface area contributed by atoms with Crippen molar-refractivity contribution in [3.8, 4) is 0 Å². The van der Waals surface area contributed by atoms with Crippen LogP contribution in [-0.4, -0.2) is 60.5 Å². The number of amides is 1. The van der Waals surface area contributed by atoms with Crippen LogP contribution in [0, 0.1) is 0 Å². The highest BCUT2D eigenvalue weighted by atomic mass is 16.2. The van der Waals surface area contributed by atoms with Crippen molar-refractivity contribution in [3.05, 3.63) is 24.0 Å². The Labute approximate surface area is 114 Å². The second kappa shape index (κ2) is 6.52. The van der Waals surface area contributed by atoms with Gasteiger partial charge in [0.15, 0.2) is 0 Å². The number of carbonyl (C=O) groups is 1. The molecule has 5 nitrogen and oxygen atoms in total. The van der Waals surface area contributed by atoms with Gasteiger partial charge in [-0.05, 0) is 25.1 Å². The smallest absolute Gasteiger partial charge is 0.272 e. The zero-order chi connectivity index (χ0) is 13.7. The van der Waals surface area contributed by atoms with Crippen LogP contribution in [0.2, 0.25) is 0 Å². The van der Waals surface area contributed by atoms with Gasteiger partial charge in [-0.15, -0.1) is 0 Å². The summed E-state index contributed by atoms with van der Waals surface area (Å²) in [5.74, 6) is 0.0406. The topological polar surface area (TPSA) is 48.5 Å². The van der Waals surface area contributed by atoms with E-state index in [0.717, 1.165) is 38.4 Å². The molecule has 1 aromatic heterocycles. The van der Waals surface area contributed by atoms with Crippen LogP contribution in [0.25, 0.3) is 0 Å². The molecule has 1 saturated heterocycles. The zero-order valence-corrected chi connectivity index (χ0v) is 11.7. The molecule has 0 saturated carbocycles. The molecule has 2 rings (SSSR count). The van der Waals surface area contributed by atoms with E-state index < -0.39 is 0 Å². The third-order valence-corrected chi connectivity index (χ3v) is 3.47. The molecule has 0 spiro atoms. The first-order valence-electron chi connectivity index (χ1n) is 6.90. The average Bonchev–Trinajstić information content (AvgIpc) is 2.48. The summed E-state index contributed by atoms with van der Waals surface area (Å²) in [4.78, 5) is 20.8. The van der Waals surface area contributed by atoms with Crippen LogP contribution in [0.15, 0.2) is 18.3 Å². The normalized spacial score (nSPS) is 16.4. The lowest BCUT2D eigenvalue weighted by Gasteiger charge is -2.34. The molecule has 5 heteroatoms. The van der Waals surface area contributed by atoms with Crippen molar-refractivity contribution >= 4 is 11.6 Å². The molecule has 0 unspecified atom stereocenters. The summed E-state index contributed by atoms with van der Waals surface area (Å²) in [7, 11) is 1.84. The van der Waals surface area contributed by atoms with Gasteiger partial charge in [0.25, 0.3) is 5.91 Å². The SMILES string of the molecule is CCCN1CCN(C(=O)c2ccc(NC)cn2)CC1. The Balaban J connectivity index is 1.93. The van der Waals surface area contributed by atoms with E-state index in [1.165, 1.54) is 6.42 Å². The van der Waals surface area contributed by atoms with Gasteiger partial charge in [0.1, 0.15) is 5.69 Å². The van der Waals surface area contributed by atoms with E-state index in [4.69, 9.17) is 0 Å². The van der Waals surface area contributed by atoms with Gasteiger partial charge >= 0.3 is 0 Å². The lowest BCUT2D eigenvalue weighted by molar-refractivity contribution is 0.0632. The van der Waals surface area contributed by atoms with Gasteiger partial charge < -0.3 is 10.2 Å². The Morgan fingerprint density at radius 3 is 2.58 bits per heavy atom. The Hall–Kier alpha value is -1.62. The minimum absolute atomic E-state index is 0.0406. The summed E-state index contributed by atoms with van der Waals surface area (Å²) >= 11 is 0. The Bertz CT molecular complexity index is 410. The first-order chi connectivity index (χ1) is 9.24. The van der Waals surface area contributed by atoms with Gasteiger partial charge in [0.2, 0.25) is 0 Å². The quantitative estimate of drug-likeness (QED) is 0.888. The largest absolute Gasteiger partial charge is 0.387 e. The van der Waals surface area contributed by atoms with Gasteiger partial charge in [-0.25, -0.2) is 4.98 Å². The number of pyridine rings is 1. The highest BCUT2D eigenvalue weighted by molar-refractivity contribution is 5.92. The highest BCUT2D eigenvalue weighted by Crippen LogP contribution is 2.10. The summed E-state index contributed by atoms with van der Waals surface area (Å²) in [6.45, 7) is 6.84. The fourth-order valence-electron chi connectivity index (χ4n) is 2.32. The maximum Gasteiger partial charge on any atom is 0.272 e. The van der Waals surface area contributed by atoms with Gasteiger partial charge in [-0.3, -0.25) is 9.69 Å². The molecular formula is C14H22N4O. The maximum absolute atomic E-state index is 12.3. The molecule has 104 valence electrons. The fourth-order valence-corrected chi connectivity index (χ4v) is 2.32. The van der Waals surface area contributed by atoms with Crippen LogP contribution in [0.5, 0.6) is 0 Å². The van der Waals surface area contributed by atoms with Crippen LogP contribution in [0.4, 0.5) is 5.69 Å². The summed E-state index contributed by atoms with van der Waals surface area (Å²) < 4.78 is 0. The predicted molar refractivity (Wildman–Crippen MR) is 76.4 cm³/mol. The maximum atomic E-state index is 12.3. The molecule has 0 bridgehead atoms. The Morgan fingerprint density at radius 1 is 1.32 bits per heavy atom. The summed E-state index contributed by atoms with van der Waals surface area (Å²) in [5, 5.41) is 3.00. The number of hydrogen-bond donors (Lipinski definition) is 1. The van der Waals surface area contributed by atoms with Crippen LogP contribution in [0.1, 0.15) is 23.8 Å². The van der Waals surface area contributed by atoms with E-state index in [-0.39, 0.29) is 5.91 Å². The minimum Gasteiger partial charge on any atom is -0.387 e. The molecule has 0 atom stereocenters. The second-order valence-electron chi connectivity index (χ2n) is 4.82. The van der Waals surface area contributed by atoms with Crippen molar-refractivity contribution in [3.63, 3.8) is 0 Å². The number of nitrogens with one attached hydrogen (secondary N) is 1. The monoisotopic (exact) mass is 262 g/mol. The van der Waals surface area contributed by atoms with Crippen LogP contribution in [0.3, 0.4) is 0 Å². The zero-order valence-electron chi connectivity index (χ0n) is 11.7. The summed E-state index contributed by atoms with van der Waals surface area (Å²) in [6.07, 6.45) is 2.86. The molecule has 1 N–H and O–H groups in total. The van der Waals surface area contributed by atoms with E-state index in [9.17, 15) is 4.79 Å². The molecular weight excluding hydrogens is 240 g/mol. The van der Waals surface area contributed by atoms with E-state index in [2.05, 4.69) is 22.1 Å². The number of anilines is 1. The molecule has 1 amide bonds. The molecule has 1 aliphatic rings. The molecule has 1 aromatic rings. The Kier molecular flexibility index (Phi) is 4.74. The third kappa shape index (κ3) is 3.44. The number of hydrogen-bond acceptors (Lipinski definition) is 4. The van der Waals surface area contributed by atoms with Crippen molar-refractivity contribution in [1.29, 1.82) is 0 Å². The fraction of sp³-hybridized carbons (Fsp3) is 0.571. The van der Waals surface area contributed by atoms with Gasteiger partial charge in [-0.2, -0.15) is 0 Å². The first kappa shape index (κ1) is 13.8. The van der Waals surface area contributed by atoms with E-state index in [1.807, 2.05) is 18.0 Å². The number of aromatic nitrogens is 1. The standard InChI is InChI=1S/C14H22N4O/c1-3-6-17-7-9-18(10-8-17)14(19)13-5-4-12(15-2)11-16-13/h4-5,11,15H,3,6-10H2,1-2H3. The van der Waals surface area contributed by atoms with Crippen LogP contribution < -0.4 is 5.32 Å². The number of piperazine rings is 1. The third-order valence-electron chi connectivity index (χ3n) is 3.47. The van der Waals surface area contributed by atoms with Crippen molar-refractivity contribution in [1.82, 2.24) is 14.8 Å². The van der Waals surface area contributed by atoms with E-state index in [0.29, 0.717) is 5.69 Å². The minimum atomic E-state index is 0.0406. The van der Waals surface area contributed by atoms with Crippen molar-refractivity contribution in [2.45, 2.75) is 13.3 Å². The molecule has 1 aliphatic heterocycles. The van der Waals surface area contributed by atoms with E-state index in [1.54, 1.807) is 12.3 Å².